The van der Waals surface area contributed by atoms with Crippen LogP contribution in [0.5, 0.6) is 0 Å². The molecule has 2 aromatic rings. The zero-order valence-electron chi connectivity index (χ0n) is 14.0. The minimum absolute atomic E-state index is 0.0778. The highest BCUT2D eigenvalue weighted by atomic mass is 16.2. The van der Waals surface area contributed by atoms with Crippen LogP contribution in [-0.4, -0.2) is 19.5 Å². The number of hydrogen-bond acceptors (Lipinski definition) is 1. The van der Waals surface area contributed by atoms with Crippen LogP contribution in [0, 0.1) is 6.92 Å². The third kappa shape index (κ3) is 3.99. The zero-order chi connectivity index (χ0) is 16.2. The Morgan fingerprint density at radius 1 is 1.13 bits per heavy atom. The number of carbonyl (C=O) groups is 1. The van der Waals surface area contributed by atoms with Crippen LogP contribution in [-0.2, 0) is 24.2 Å². The molecular weight excluding hydrogens is 284 g/mol. The van der Waals surface area contributed by atoms with E-state index in [1.807, 2.05) is 6.07 Å². The molecular formula is C20H25N2O+. The van der Waals surface area contributed by atoms with Crippen molar-refractivity contribution in [2.45, 2.75) is 32.7 Å². The van der Waals surface area contributed by atoms with E-state index in [2.05, 4.69) is 55.7 Å². The van der Waals surface area contributed by atoms with Gasteiger partial charge < -0.3 is 10.2 Å². The summed E-state index contributed by atoms with van der Waals surface area (Å²) in [6.45, 7) is 3.46. The Labute approximate surface area is 138 Å². The molecule has 0 saturated carbocycles. The lowest BCUT2D eigenvalue weighted by Crippen LogP contribution is -3.08. The Morgan fingerprint density at radius 2 is 1.91 bits per heavy atom. The van der Waals surface area contributed by atoms with Crippen molar-refractivity contribution in [3.8, 4) is 0 Å². The monoisotopic (exact) mass is 309 g/mol. The van der Waals surface area contributed by atoms with Gasteiger partial charge in [-0.05, 0) is 55.0 Å². The number of rotatable bonds is 5. The Kier molecular flexibility index (Phi) is 4.77. The molecule has 2 N–H and O–H groups in total. The van der Waals surface area contributed by atoms with E-state index < -0.39 is 0 Å². The lowest BCUT2D eigenvalue weighted by Gasteiger charge is -2.15. The normalized spacial score (nSPS) is 14.3. The van der Waals surface area contributed by atoms with Gasteiger partial charge >= 0.3 is 0 Å². The molecule has 2 aromatic carbocycles. The summed E-state index contributed by atoms with van der Waals surface area (Å²) >= 11 is 0. The number of hydrogen-bond donors (Lipinski definition) is 2. The topological polar surface area (TPSA) is 33.5 Å². The predicted octanol–water partition coefficient (Wildman–Crippen LogP) is 2.14. The van der Waals surface area contributed by atoms with Crippen molar-refractivity contribution in [3.63, 3.8) is 0 Å². The van der Waals surface area contributed by atoms with Crippen LogP contribution in [0.25, 0.3) is 0 Å². The average molecular weight is 309 g/mol. The maximum absolute atomic E-state index is 12.3. The van der Waals surface area contributed by atoms with Gasteiger partial charge in [-0.2, -0.15) is 0 Å². The minimum Gasteiger partial charge on any atom is -0.326 e. The molecule has 1 unspecified atom stereocenters. The average Bonchev–Trinajstić information content (AvgIpc) is 2.97. The summed E-state index contributed by atoms with van der Waals surface area (Å²) in [5.41, 5.74) is 6.34. The number of likely N-dealkylation sites (N-methyl/N-ethyl adjacent to an activating group) is 1. The van der Waals surface area contributed by atoms with Gasteiger partial charge in [0.1, 0.15) is 6.54 Å². The Bertz CT molecular complexity index is 709. The summed E-state index contributed by atoms with van der Waals surface area (Å²) in [5, 5.41) is 3.04. The molecule has 0 spiro atoms. The van der Waals surface area contributed by atoms with E-state index in [1.165, 1.54) is 40.0 Å². The molecule has 0 aromatic heterocycles. The van der Waals surface area contributed by atoms with Gasteiger partial charge in [-0.25, -0.2) is 0 Å². The second-order valence-electron chi connectivity index (χ2n) is 6.62. The largest absolute Gasteiger partial charge is 0.326 e. The molecule has 3 heteroatoms. The fourth-order valence-electron chi connectivity index (χ4n) is 3.32. The first-order valence-electron chi connectivity index (χ1n) is 8.39. The van der Waals surface area contributed by atoms with Gasteiger partial charge in [-0.3, -0.25) is 4.79 Å². The highest BCUT2D eigenvalue weighted by Crippen LogP contribution is 2.24. The SMILES string of the molecule is Cc1ccccc1C[NH+](C)CC(=O)Nc1ccc2c(c1)CCC2. The van der Waals surface area contributed by atoms with Crippen LogP contribution in [0.15, 0.2) is 42.5 Å². The van der Waals surface area contributed by atoms with Crippen LogP contribution in [0.1, 0.15) is 28.7 Å². The van der Waals surface area contributed by atoms with E-state index in [1.54, 1.807) is 0 Å². The van der Waals surface area contributed by atoms with Crippen LogP contribution in [0.2, 0.25) is 0 Å². The lowest BCUT2D eigenvalue weighted by atomic mass is 10.1. The van der Waals surface area contributed by atoms with Gasteiger partial charge in [0.25, 0.3) is 5.91 Å². The van der Waals surface area contributed by atoms with Crippen molar-refractivity contribution in [1.82, 2.24) is 0 Å². The van der Waals surface area contributed by atoms with Crippen molar-refractivity contribution in [3.05, 3.63) is 64.7 Å². The van der Waals surface area contributed by atoms with E-state index >= 15 is 0 Å². The van der Waals surface area contributed by atoms with Gasteiger partial charge in [-0.1, -0.05) is 30.3 Å². The lowest BCUT2D eigenvalue weighted by molar-refractivity contribution is -0.885. The first-order chi connectivity index (χ1) is 11.1. The predicted molar refractivity (Wildman–Crippen MR) is 93.7 cm³/mol. The molecule has 0 saturated heterocycles. The van der Waals surface area contributed by atoms with E-state index in [-0.39, 0.29) is 5.91 Å². The van der Waals surface area contributed by atoms with Crippen molar-refractivity contribution in [1.29, 1.82) is 0 Å². The summed E-state index contributed by atoms with van der Waals surface area (Å²) < 4.78 is 0. The molecule has 3 rings (SSSR count). The van der Waals surface area contributed by atoms with Gasteiger partial charge in [0.15, 0.2) is 6.54 Å². The number of amides is 1. The molecule has 0 aliphatic heterocycles. The van der Waals surface area contributed by atoms with Crippen molar-refractivity contribution in [2.24, 2.45) is 0 Å². The molecule has 23 heavy (non-hydrogen) atoms. The highest BCUT2D eigenvalue weighted by molar-refractivity contribution is 5.91. The summed E-state index contributed by atoms with van der Waals surface area (Å²) in [4.78, 5) is 13.5. The van der Waals surface area contributed by atoms with E-state index in [0.29, 0.717) is 6.54 Å². The van der Waals surface area contributed by atoms with E-state index in [4.69, 9.17) is 0 Å². The van der Waals surface area contributed by atoms with Gasteiger partial charge in [0, 0.05) is 11.3 Å². The summed E-state index contributed by atoms with van der Waals surface area (Å²) in [6.07, 6.45) is 3.54. The fourth-order valence-corrected chi connectivity index (χ4v) is 3.32. The zero-order valence-corrected chi connectivity index (χ0v) is 14.0. The van der Waals surface area contributed by atoms with Crippen molar-refractivity contribution < 1.29 is 9.69 Å². The maximum Gasteiger partial charge on any atom is 0.279 e. The summed E-state index contributed by atoms with van der Waals surface area (Å²) in [6, 6.07) is 14.7. The molecule has 0 fully saturated rings. The Hall–Kier alpha value is -2.13. The molecule has 1 atom stereocenters. The van der Waals surface area contributed by atoms with Gasteiger partial charge in [-0.15, -0.1) is 0 Å². The van der Waals surface area contributed by atoms with Crippen LogP contribution >= 0.6 is 0 Å². The van der Waals surface area contributed by atoms with Crippen LogP contribution < -0.4 is 10.2 Å². The molecule has 0 heterocycles. The van der Waals surface area contributed by atoms with Gasteiger partial charge in [0.05, 0.1) is 7.05 Å². The number of aryl methyl sites for hydroxylation is 3. The fraction of sp³-hybridized carbons (Fsp3) is 0.350. The molecule has 0 radical (unpaired) electrons. The summed E-state index contributed by atoms with van der Waals surface area (Å²) in [7, 11) is 2.06. The first kappa shape index (κ1) is 15.8. The minimum atomic E-state index is 0.0778. The third-order valence-corrected chi connectivity index (χ3v) is 4.60. The maximum atomic E-state index is 12.3. The van der Waals surface area contributed by atoms with Crippen LogP contribution in [0.4, 0.5) is 5.69 Å². The number of benzene rings is 2. The van der Waals surface area contributed by atoms with E-state index in [9.17, 15) is 4.79 Å². The molecule has 1 aliphatic carbocycles. The molecule has 0 bridgehead atoms. The summed E-state index contributed by atoms with van der Waals surface area (Å²) in [5.74, 6) is 0.0778. The smallest absolute Gasteiger partial charge is 0.279 e. The quantitative estimate of drug-likeness (QED) is 0.872. The first-order valence-corrected chi connectivity index (χ1v) is 8.39. The molecule has 120 valence electrons. The standard InChI is InChI=1S/C20H24N2O/c1-15-6-3-4-7-18(15)13-22(2)14-20(23)21-19-11-10-16-8-5-9-17(16)12-19/h3-4,6-7,10-12H,5,8-9,13-14H2,1-2H3,(H,21,23)/p+1. The number of anilines is 1. The second-order valence-corrected chi connectivity index (χ2v) is 6.62. The Morgan fingerprint density at radius 3 is 2.74 bits per heavy atom. The number of fused-ring (bicyclic) bond motifs is 1. The third-order valence-electron chi connectivity index (χ3n) is 4.60. The van der Waals surface area contributed by atoms with Crippen LogP contribution in [0.3, 0.4) is 0 Å². The molecule has 3 nitrogen and oxygen atoms in total. The highest BCUT2D eigenvalue weighted by Gasteiger charge is 2.14. The van der Waals surface area contributed by atoms with Gasteiger partial charge in [0.2, 0.25) is 0 Å². The molecule has 1 aliphatic rings. The van der Waals surface area contributed by atoms with Crippen molar-refractivity contribution in [2.75, 3.05) is 18.9 Å². The molecule has 1 amide bonds. The second kappa shape index (κ2) is 6.97. The number of carbonyl (C=O) groups excluding carboxylic acids is 1. The van der Waals surface area contributed by atoms with Crippen molar-refractivity contribution >= 4 is 11.6 Å². The number of nitrogens with one attached hydrogen (secondary N) is 2. The van der Waals surface area contributed by atoms with E-state index in [0.717, 1.165) is 18.7 Å². The number of quaternary nitrogens is 1. The Balaban J connectivity index is 1.55.